The fourth-order valence-electron chi connectivity index (χ4n) is 5.91. The van der Waals surface area contributed by atoms with E-state index in [-0.39, 0.29) is 12.3 Å². The van der Waals surface area contributed by atoms with E-state index in [0.717, 1.165) is 61.2 Å². The molecule has 1 aliphatic rings. The summed E-state index contributed by atoms with van der Waals surface area (Å²) in [5, 5.41) is 32.0. The number of hydrogen-bond acceptors (Lipinski definition) is 4. The zero-order valence-electron chi connectivity index (χ0n) is 22.6. The second-order valence-electron chi connectivity index (χ2n) is 11.3. The molecule has 1 heterocycles. The fraction of sp³-hybridized carbons (Fsp3) is 0.424. The predicted octanol–water partition coefficient (Wildman–Crippen LogP) is 5.90. The van der Waals surface area contributed by atoms with E-state index in [2.05, 4.69) is 4.90 Å². The van der Waals surface area contributed by atoms with E-state index in [1.165, 1.54) is 0 Å². The van der Waals surface area contributed by atoms with E-state index in [4.69, 9.17) is 5.11 Å². The smallest absolute Gasteiger partial charge is 0.304 e. The van der Waals surface area contributed by atoms with Crippen LogP contribution in [0.4, 0.5) is 0 Å². The summed E-state index contributed by atoms with van der Waals surface area (Å²) in [4.78, 5) is 13.6. The molecule has 0 spiro atoms. The molecule has 1 atom stereocenters. The molecule has 0 saturated carbocycles. The maximum Gasteiger partial charge on any atom is 0.304 e. The van der Waals surface area contributed by atoms with Crippen LogP contribution in [0.15, 0.2) is 84.9 Å². The molecule has 0 aromatic heterocycles. The monoisotopic (exact) mass is 515 g/mol. The number of likely N-dealkylation sites (tertiary alicyclic amines) is 1. The van der Waals surface area contributed by atoms with Crippen LogP contribution in [0.2, 0.25) is 0 Å². The van der Waals surface area contributed by atoms with Gasteiger partial charge in [0.15, 0.2) is 0 Å². The number of benzene rings is 3. The lowest BCUT2D eigenvalue weighted by atomic mass is 9.72. The van der Waals surface area contributed by atoms with Crippen LogP contribution in [0.25, 0.3) is 0 Å². The molecule has 0 amide bonds. The van der Waals surface area contributed by atoms with Gasteiger partial charge in [0.25, 0.3) is 0 Å². The number of rotatable bonds is 11. The summed E-state index contributed by atoms with van der Waals surface area (Å²) in [6.07, 6.45) is 2.92. The molecule has 5 nitrogen and oxygen atoms in total. The van der Waals surface area contributed by atoms with E-state index < -0.39 is 23.1 Å². The number of carboxylic acids is 1. The number of aliphatic hydroxyl groups excluding tert-OH is 1. The van der Waals surface area contributed by atoms with Crippen LogP contribution in [0.3, 0.4) is 0 Å². The third-order valence-corrected chi connectivity index (χ3v) is 8.23. The van der Waals surface area contributed by atoms with Crippen LogP contribution in [-0.4, -0.2) is 45.8 Å². The van der Waals surface area contributed by atoms with Crippen molar-refractivity contribution in [2.75, 3.05) is 19.6 Å². The van der Waals surface area contributed by atoms with Gasteiger partial charge in [-0.1, -0.05) is 98.8 Å². The normalized spacial score (nSPS) is 16.3. The first kappa shape index (κ1) is 28.0. The second-order valence-corrected chi connectivity index (χ2v) is 11.3. The average Bonchev–Trinajstić information content (AvgIpc) is 2.93. The molecular formula is C33H41NO4. The van der Waals surface area contributed by atoms with Gasteiger partial charge < -0.3 is 20.2 Å². The summed E-state index contributed by atoms with van der Waals surface area (Å²) in [5.41, 5.74) is 2.28. The molecule has 0 bridgehead atoms. The van der Waals surface area contributed by atoms with Crippen LogP contribution < -0.4 is 0 Å². The minimum atomic E-state index is -1.00. The quantitative estimate of drug-likeness (QED) is 0.296. The number of aliphatic carboxylic acids is 1. The van der Waals surface area contributed by atoms with E-state index in [0.29, 0.717) is 6.42 Å². The number of aliphatic hydroxyl groups is 2. The van der Waals surface area contributed by atoms with Crippen LogP contribution in [0.5, 0.6) is 0 Å². The van der Waals surface area contributed by atoms with E-state index >= 15 is 0 Å². The fourth-order valence-corrected chi connectivity index (χ4v) is 5.91. The van der Waals surface area contributed by atoms with Crippen molar-refractivity contribution in [2.24, 2.45) is 5.92 Å². The average molecular weight is 516 g/mol. The Kier molecular flexibility index (Phi) is 9.03. The van der Waals surface area contributed by atoms with Crippen molar-refractivity contribution in [1.82, 2.24) is 4.90 Å². The van der Waals surface area contributed by atoms with Crippen molar-refractivity contribution in [2.45, 2.75) is 63.1 Å². The Morgan fingerprint density at radius 3 is 1.89 bits per heavy atom. The summed E-state index contributed by atoms with van der Waals surface area (Å²) in [7, 11) is 0. The van der Waals surface area contributed by atoms with Crippen molar-refractivity contribution in [1.29, 1.82) is 0 Å². The Morgan fingerprint density at radius 2 is 1.39 bits per heavy atom. The first-order valence-electron chi connectivity index (χ1n) is 13.8. The highest BCUT2D eigenvalue weighted by Gasteiger charge is 2.41. The van der Waals surface area contributed by atoms with Crippen molar-refractivity contribution in [3.05, 3.63) is 107 Å². The molecule has 1 unspecified atom stereocenters. The lowest BCUT2D eigenvalue weighted by molar-refractivity contribution is -0.138. The van der Waals surface area contributed by atoms with E-state index in [9.17, 15) is 15.0 Å². The van der Waals surface area contributed by atoms with Gasteiger partial charge in [-0.2, -0.15) is 0 Å². The van der Waals surface area contributed by atoms with Gasteiger partial charge in [0, 0.05) is 5.41 Å². The summed E-state index contributed by atoms with van der Waals surface area (Å²) in [6.45, 7) is 6.63. The molecule has 202 valence electrons. The highest BCUT2D eigenvalue weighted by molar-refractivity contribution is 5.68. The Bertz CT molecular complexity index is 1110. The molecule has 3 aromatic rings. The maximum atomic E-state index is 12.1. The van der Waals surface area contributed by atoms with Crippen molar-refractivity contribution >= 4 is 5.97 Å². The van der Waals surface area contributed by atoms with Crippen molar-refractivity contribution in [3.8, 4) is 0 Å². The Hall–Kier alpha value is -2.99. The van der Waals surface area contributed by atoms with Crippen molar-refractivity contribution in [3.63, 3.8) is 0 Å². The first-order valence-corrected chi connectivity index (χ1v) is 13.8. The molecule has 1 fully saturated rings. The third kappa shape index (κ3) is 6.52. The summed E-state index contributed by atoms with van der Waals surface area (Å²) < 4.78 is 0. The molecule has 38 heavy (non-hydrogen) atoms. The Balaban J connectivity index is 1.30. The molecule has 0 radical (unpaired) electrons. The SMILES string of the molecule is CC(C)(CC(=O)O)c1ccc(C(O)CCCN2CCC(C(O)(c3ccccc3)c3ccccc3)CC2)cc1. The van der Waals surface area contributed by atoms with Gasteiger partial charge in [-0.3, -0.25) is 4.79 Å². The lowest BCUT2D eigenvalue weighted by Crippen LogP contribution is -2.44. The topological polar surface area (TPSA) is 81.0 Å². The van der Waals surface area contributed by atoms with Gasteiger partial charge in [-0.05, 0) is 73.5 Å². The van der Waals surface area contributed by atoms with Crippen LogP contribution >= 0.6 is 0 Å². The molecule has 1 saturated heterocycles. The van der Waals surface area contributed by atoms with Gasteiger partial charge in [0.2, 0.25) is 0 Å². The lowest BCUT2D eigenvalue weighted by Gasteiger charge is -2.42. The molecule has 3 aromatic carbocycles. The zero-order valence-corrected chi connectivity index (χ0v) is 22.6. The number of piperidine rings is 1. The molecule has 1 aliphatic heterocycles. The summed E-state index contributed by atoms with van der Waals surface area (Å²) >= 11 is 0. The predicted molar refractivity (Wildman–Crippen MR) is 151 cm³/mol. The number of carbonyl (C=O) groups is 1. The highest BCUT2D eigenvalue weighted by atomic mass is 16.4. The standard InChI is InChI=1S/C33H41NO4/c1-32(2,24-31(36)37)26-17-15-25(16-18-26)30(35)14-9-21-34-22-19-29(20-23-34)33(38,27-10-5-3-6-11-27)28-12-7-4-8-13-28/h3-8,10-13,15-18,29-30,35,38H,9,14,19-24H2,1-2H3,(H,36,37). The van der Waals surface area contributed by atoms with Crippen LogP contribution in [-0.2, 0) is 15.8 Å². The number of carboxylic acid groups (broad SMARTS) is 1. The maximum absolute atomic E-state index is 12.1. The molecule has 4 rings (SSSR count). The second kappa shape index (κ2) is 12.2. The first-order chi connectivity index (χ1) is 18.2. The highest BCUT2D eigenvalue weighted by Crippen LogP contribution is 2.42. The summed E-state index contributed by atoms with van der Waals surface area (Å²) in [5.74, 6) is -0.675. The Morgan fingerprint density at radius 1 is 0.868 bits per heavy atom. The van der Waals surface area contributed by atoms with E-state index in [1.807, 2.05) is 98.8 Å². The summed E-state index contributed by atoms with van der Waals surface area (Å²) in [6, 6.07) is 27.8. The number of hydrogen-bond donors (Lipinski definition) is 3. The van der Waals surface area contributed by atoms with Gasteiger partial charge in [-0.25, -0.2) is 0 Å². The minimum absolute atomic E-state index is 0.0691. The number of nitrogens with zero attached hydrogens (tertiary/aromatic N) is 1. The van der Waals surface area contributed by atoms with E-state index in [1.54, 1.807) is 0 Å². The zero-order chi connectivity index (χ0) is 27.2. The van der Waals surface area contributed by atoms with Gasteiger partial charge in [-0.15, -0.1) is 0 Å². The van der Waals surface area contributed by atoms with Gasteiger partial charge in [0.1, 0.15) is 5.60 Å². The molecule has 0 aliphatic carbocycles. The Labute approximate surface area is 226 Å². The van der Waals surface area contributed by atoms with Crippen LogP contribution in [0, 0.1) is 5.92 Å². The van der Waals surface area contributed by atoms with Gasteiger partial charge >= 0.3 is 5.97 Å². The van der Waals surface area contributed by atoms with Crippen molar-refractivity contribution < 1.29 is 20.1 Å². The molecule has 3 N–H and O–H groups in total. The largest absolute Gasteiger partial charge is 0.481 e. The minimum Gasteiger partial charge on any atom is -0.481 e. The van der Waals surface area contributed by atoms with Crippen LogP contribution in [0.1, 0.15) is 74.3 Å². The molecular weight excluding hydrogens is 474 g/mol. The third-order valence-electron chi connectivity index (χ3n) is 8.23. The van der Waals surface area contributed by atoms with Gasteiger partial charge in [0.05, 0.1) is 12.5 Å². The molecule has 5 heteroatoms.